The smallest absolute Gasteiger partial charge is 0.257 e. The van der Waals surface area contributed by atoms with Crippen LogP contribution < -0.4 is 30.9 Å². The number of hydrogen-bond donors (Lipinski definition) is 4. The Hall–Kier alpha value is -3.84. The van der Waals surface area contributed by atoms with Crippen molar-refractivity contribution in [1.82, 2.24) is 30.8 Å². The van der Waals surface area contributed by atoms with Crippen LogP contribution in [-0.2, 0) is 14.4 Å². The molecule has 49 heavy (non-hydrogen) atoms. The molecular formula is C36H51ClN8O4. The zero-order chi connectivity index (χ0) is 34.6. The minimum absolute atomic E-state index is 0. The van der Waals surface area contributed by atoms with Gasteiger partial charge in [0.2, 0.25) is 5.91 Å². The van der Waals surface area contributed by atoms with E-state index in [4.69, 9.17) is 4.74 Å². The minimum atomic E-state index is -1.02. The van der Waals surface area contributed by atoms with Gasteiger partial charge in [0.15, 0.2) is 0 Å². The number of likely N-dealkylation sites (tertiary alicyclic amines) is 1. The maximum atomic E-state index is 14.6. The number of likely N-dealkylation sites (N-methyl/N-ethyl adjacent to an activating group) is 2. The Morgan fingerprint density at radius 3 is 2.43 bits per heavy atom. The summed E-state index contributed by atoms with van der Waals surface area (Å²) >= 11 is 0. The van der Waals surface area contributed by atoms with Crippen molar-refractivity contribution in [2.24, 2.45) is 5.41 Å². The number of amides is 3. The average molecular weight is 695 g/mol. The van der Waals surface area contributed by atoms with E-state index in [1.54, 1.807) is 26.1 Å². The minimum Gasteiger partial charge on any atom is -0.494 e. The molecule has 2 aromatic carbocycles. The summed E-state index contributed by atoms with van der Waals surface area (Å²) in [4.78, 5) is 54.6. The van der Waals surface area contributed by atoms with Crippen molar-refractivity contribution in [3.8, 4) is 5.75 Å². The van der Waals surface area contributed by atoms with Gasteiger partial charge in [0.25, 0.3) is 11.8 Å². The second-order valence-electron chi connectivity index (χ2n) is 14.1. The molecule has 266 valence electrons. The number of aromatic nitrogens is 2. The number of hydrogen-bond acceptors (Lipinski definition) is 10. The van der Waals surface area contributed by atoms with Gasteiger partial charge in [0.05, 0.1) is 30.4 Å². The van der Waals surface area contributed by atoms with Gasteiger partial charge in [-0.15, -0.1) is 12.4 Å². The Balaban J connectivity index is 0.00000541. The molecule has 0 bridgehead atoms. The number of benzene rings is 2. The Morgan fingerprint density at radius 1 is 1.08 bits per heavy atom. The van der Waals surface area contributed by atoms with Crippen molar-refractivity contribution in [2.45, 2.75) is 77.4 Å². The summed E-state index contributed by atoms with van der Waals surface area (Å²) in [6.07, 6.45) is 5.24. The number of ether oxygens (including phenoxy) is 1. The molecule has 2 aliphatic rings. The fourth-order valence-electron chi connectivity index (χ4n) is 6.50. The molecule has 0 saturated carbocycles. The molecular weight excluding hydrogens is 644 g/mol. The molecule has 5 rings (SSSR count). The van der Waals surface area contributed by atoms with Gasteiger partial charge in [0, 0.05) is 23.7 Å². The van der Waals surface area contributed by atoms with Crippen molar-refractivity contribution < 1.29 is 19.1 Å². The van der Waals surface area contributed by atoms with Crippen LogP contribution in [0.4, 0.5) is 17.2 Å². The third-order valence-electron chi connectivity index (χ3n) is 9.47. The van der Waals surface area contributed by atoms with Crippen molar-refractivity contribution in [3.05, 3.63) is 48.3 Å². The van der Waals surface area contributed by atoms with Gasteiger partial charge in [-0.25, -0.2) is 14.9 Å². The van der Waals surface area contributed by atoms with Crippen LogP contribution in [0.5, 0.6) is 5.75 Å². The Kier molecular flexibility index (Phi) is 12.6. The third-order valence-corrected chi connectivity index (χ3v) is 9.47. The summed E-state index contributed by atoms with van der Waals surface area (Å²) in [7, 11) is 5.34. The lowest BCUT2D eigenvalue weighted by atomic mass is 9.85. The van der Waals surface area contributed by atoms with Gasteiger partial charge in [0.1, 0.15) is 23.9 Å². The van der Waals surface area contributed by atoms with E-state index >= 15 is 0 Å². The monoisotopic (exact) mass is 694 g/mol. The summed E-state index contributed by atoms with van der Waals surface area (Å²) in [6.45, 7) is 10.2. The Bertz CT molecular complexity index is 1620. The highest BCUT2D eigenvalue weighted by atomic mass is 35.5. The van der Waals surface area contributed by atoms with Gasteiger partial charge in [-0.1, -0.05) is 32.9 Å². The summed E-state index contributed by atoms with van der Waals surface area (Å²) in [5.41, 5.74) is 2.28. The molecule has 2 aliphatic heterocycles. The van der Waals surface area contributed by atoms with E-state index in [2.05, 4.69) is 67.4 Å². The fraction of sp³-hybridized carbons (Fsp3) is 0.528. The average Bonchev–Trinajstić information content (AvgIpc) is 3.62. The van der Waals surface area contributed by atoms with Crippen LogP contribution in [0.25, 0.3) is 10.9 Å². The number of rotatable bonds is 10. The third kappa shape index (κ3) is 8.67. The fourth-order valence-corrected chi connectivity index (χ4v) is 6.50. The van der Waals surface area contributed by atoms with Gasteiger partial charge in [-0.3, -0.25) is 14.4 Å². The number of halogens is 1. The molecule has 2 fully saturated rings. The molecule has 3 amide bonds. The number of nitrogens with zero attached hydrogens (tertiary/aromatic N) is 4. The van der Waals surface area contributed by atoms with E-state index in [0.29, 0.717) is 41.4 Å². The molecule has 0 aliphatic carbocycles. The number of nitrogens with one attached hydrogen (secondary N) is 4. The van der Waals surface area contributed by atoms with Crippen LogP contribution in [-0.4, -0.2) is 91.6 Å². The van der Waals surface area contributed by atoms with Crippen LogP contribution in [0.1, 0.15) is 64.9 Å². The topological polar surface area (TPSA) is 141 Å². The van der Waals surface area contributed by atoms with Crippen LogP contribution >= 0.6 is 12.4 Å². The van der Waals surface area contributed by atoms with Gasteiger partial charge in [-0.2, -0.15) is 0 Å². The highest BCUT2D eigenvalue weighted by Gasteiger charge is 2.42. The van der Waals surface area contributed by atoms with Crippen molar-refractivity contribution >= 4 is 58.2 Å². The first-order valence-electron chi connectivity index (χ1n) is 16.9. The molecule has 13 heteroatoms. The van der Waals surface area contributed by atoms with Gasteiger partial charge >= 0.3 is 0 Å². The Labute approximate surface area is 295 Å². The zero-order valence-corrected chi connectivity index (χ0v) is 30.4. The first-order valence-corrected chi connectivity index (χ1v) is 16.9. The molecule has 3 heterocycles. The quantitative estimate of drug-likeness (QED) is 0.242. The predicted octanol–water partition coefficient (Wildman–Crippen LogP) is 4.36. The Morgan fingerprint density at radius 2 is 1.82 bits per heavy atom. The second-order valence-corrected chi connectivity index (χ2v) is 14.1. The molecule has 0 spiro atoms. The normalized spacial score (nSPS) is 19.4. The number of imide groups is 1. The SMILES string of the molecule is CN[C@@H](C)C(=O)N[C@H](C(=O)N(C(=O)[C@@H]1CCCN1)c1cc2c(Nc3ccc(C4CCCN(C)C4)cc3)ncnc2cc1OC)C(C)(C)C.Cl. The summed E-state index contributed by atoms with van der Waals surface area (Å²) in [5, 5.41) is 13.1. The van der Waals surface area contributed by atoms with E-state index in [-0.39, 0.29) is 24.0 Å². The second kappa shape index (κ2) is 16.2. The van der Waals surface area contributed by atoms with Crippen LogP contribution in [0.3, 0.4) is 0 Å². The molecule has 0 radical (unpaired) electrons. The molecule has 2 saturated heterocycles. The van der Waals surface area contributed by atoms with E-state index in [9.17, 15) is 14.4 Å². The molecule has 1 aromatic heterocycles. The summed E-state index contributed by atoms with van der Waals surface area (Å²) in [5.74, 6) is 0.0318. The molecule has 1 unspecified atom stereocenters. The lowest BCUT2D eigenvalue weighted by Crippen LogP contribution is -2.60. The first kappa shape index (κ1) is 38.0. The number of carbonyl (C=O) groups is 3. The summed E-state index contributed by atoms with van der Waals surface area (Å²) < 4.78 is 5.79. The molecule has 12 nitrogen and oxygen atoms in total. The van der Waals surface area contributed by atoms with Crippen molar-refractivity contribution in [1.29, 1.82) is 0 Å². The van der Waals surface area contributed by atoms with Gasteiger partial charge < -0.3 is 30.9 Å². The number of piperidine rings is 1. The van der Waals surface area contributed by atoms with Crippen molar-refractivity contribution in [3.63, 3.8) is 0 Å². The van der Waals surface area contributed by atoms with Crippen LogP contribution in [0, 0.1) is 5.41 Å². The number of methoxy groups -OCH3 is 1. The van der Waals surface area contributed by atoms with Crippen LogP contribution in [0.15, 0.2) is 42.7 Å². The van der Waals surface area contributed by atoms with E-state index in [0.717, 1.165) is 25.2 Å². The van der Waals surface area contributed by atoms with Gasteiger partial charge in [-0.05, 0) is 94.9 Å². The molecule has 4 N–H and O–H groups in total. The largest absolute Gasteiger partial charge is 0.494 e. The van der Waals surface area contributed by atoms with E-state index in [1.807, 2.05) is 20.8 Å². The number of carbonyl (C=O) groups excluding carboxylic acids is 3. The van der Waals surface area contributed by atoms with E-state index in [1.165, 1.54) is 36.7 Å². The van der Waals surface area contributed by atoms with Crippen molar-refractivity contribution in [2.75, 3.05) is 51.1 Å². The zero-order valence-electron chi connectivity index (χ0n) is 29.6. The standard InChI is InChI=1S/C36H50N8O4.ClH/c1-22(37-5)33(45)42-31(36(2,3)4)35(47)44(34(46)27-11-8-16-38-27)29-18-26-28(19-30(29)48-7)39-21-40-32(26)41-25-14-12-23(13-15-25)24-10-9-17-43(6)20-24;/h12-15,18-19,21-22,24,27,31,37-38H,8-11,16-17,20H2,1-7H3,(H,42,45)(H,39,40,41);1H/t22-,24?,27-,31+;/m0./s1. The molecule has 3 aromatic rings. The maximum Gasteiger partial charge on any atom is 0.257 e. The molecule has 4 atom stereocenters. The lowest BCUT2D eigenvalue weighted by Gasteiger charge is -2.36. The number of anilines is 3. The number of fused-ring (bicyclic) bond motifs is 1. The maximum absolute atomic E-state index is 14.6. The predicted molar refractivity (Wildman–Crippen MR) is 196 cm³/mol. The highest BCUT2D eigenvalue weighted by molar-refractivity contribution is 6.20. The van der Waals surface area contributed by atoms with E-state index < -0.39 is 35.4 Å². The summed E-state index contributed by atoms with van der Waals surface area (Å²) in [6, 6.07) is 9.75. The first-order chi connectivity index (χ1) is 22.9. The highest BCUT2D eigenvalue weighted by Crippen LogP contribution is 2.38. The lowest BCUT2D eigenvalue weighted by molar-refractivity contribution is -0.134. The van der Waals surface area contributed by atoms with Crippen LogP contribution in [0.2, 0.25) is 0 Å².